The van der Waals surface area contributed by atoms with Crippen LogP contribution in [0.5, 0.6) is 0 Å². The highest BCUT2D eigenvalue weighted by molar-refractivity contribution is 7.89. The van der Waals surface area contributed by atoms with E-state index >= 15 is 0 Å². The predicted molar refractivity (Wildman–Crippen MR) is 80.7 cm³/mol. The Morgan fingerprint density at radius 2 is 1.95 bits per heavy atom. The molecule has 0 aliphatic rings. The number of carbonyl (C=O) groups excluding carboxylic acids is 1. The molecule has 1 aromatic heterocycles. The fourth-order valence-corrected chi connectivity index (χ4v) is 3.02. The van der Waals surface area contributed by atoms with Gasteiger partial charge in [-0.15, -0.1) is 0 Å². The van der Waals surface area contributed by atoms with E-state index in [-0.39, 0.29) is 21.8 Å². The van der Waals surface area contributed by atoms with E-state index in [9.17, 15) is 13.2 Å². The minimum Gasteiger partial charge on any atom is -0.438 e. The molecular formula is C13H21ClN2O4S. The molecule has 0 spiro atoms. The summed E-state index contributed by atoms with van der Waals surface area (Å²) in [5.74, 6) is -0.116. The summed E-state index contributed by atoms with van der Waals surface area (Å²) in [7, 11) is -4.01. The molecule has 2 N–H and O–H groups in total. The molecule has 0 fully saturated rings. The Bertz CT molecular complexity index is 593. The number of halogens is 1. The Morgan fingerprint density at radius 3 is 2.33 bits per heavy atom. The number of hydrogen-bond donors (Lipinski definition) is 1. The molecular weight excluding hydrogens is 316 g/mol. The fourth-order valence-electron chi connectivity index (χ4n) is 2.02. The van der Waals surface area contributed by atoms with E-state index in [2.05, 4.69) is 13.8 Å². The van der Waals surface area contributed by atoms with E-state index in [0.717, 1.165) is 18.9 Å². The van der Waals surface area contributed by atoms with Crippen molar-refractivity contribution in [3.05, 3.63) is 17.0 Å². The first-order chi connectivity index (χ1) is 9.74. The quantitative estimate of drug-likeness (QED) is 0.827. The number of furan rings is 1. The van der Waals surface area contributed by atoms with Crippen LogP contribution in [0.3, 0.4) is 0 Å². The molecule has 0 saturated carbocycles. The first kappa shape index (κ1) is 18.0. The number of amides is 1. The number of primary sulfonamides is 1. The van der Waals surface area contributed by atoms with Crippen LogP contribution in [0.1, 0.15) is 44.2 Å². The lowest BCUT2D eigenvalue weighted by atomic mass is 10.0. The van der Waals surface area contributed by atoms with Crippen LogP contribution in [-0.2, 0) is 10.0 Å². The van der Waals surface area contributed by atoms with Gasteiger partial charge in [-0.2, -0.15) is 0 Å². The molecule has 8 heteroatoms. The van der Waals surface area contributed by atoms with Crippen LogP contribution < -0.4 is 5.14 Å². The van der Waals surface area contributed by atoms with E-state index in [1.165, 1.54) is 0 Å². The Hall–Kier alpha value is -1.05. The van der Waals surface area contributed by atoms with Crippen LogP contribution in [0.25, 0.3) is 0 Å². The molecule has 21 heavy (non-hydrogen) atoms. The topological polar surface area (TPSA) is 93.6 Å². The van der Waals surface area contributed by atoms with Gasteiger partial charge in [0, 0.05) is 19.2 Å². The number of rotatable bonds is 7. The van der Waals surface area contributed by atoms with Crippen molar-refractivity contribution in [2.75, 3.05) is 13.1 Å². The highest BCUT2D eigenvalue weighted by atomic mass is 35.5. The molecule has 1 amide bonds. The van der Waals surface area contributed by atoms with Crippen molar-refractivity contribution in [3.63, 3.8) is 0 Å². The molecule has 0 atom stereocenters. The lowest BCUT2D eigenvalue weighted by Gasteiger charge is -2.24. The van der Waals surface area contributed by atoms with Crippen LogP contribution in [0.15, 0.2) is 15.4 Å². The molecule has 0 saturated heterocycles. The second kappa shape index (κ2) is 7.29. The third-order valence-corrected chi connectivity index (χ3v) is 4.78. The van der Waals surface area contributed by atoms with Crippen molar-refractivity contribution in [3.8, 4) is 0 Å². The average molecular weight is 337 g/mol. The van der Waals surface area contributed by atoms with E-state index in [4.69, 9.17) is 21.2 Å². The van der Waals surface area contributed by atoms with Crippen molar-refractivity contribution >= 4 is 27.5 Å². The SMILES string of the molecule is CCC(CC)CN(CC)C(=O)c1cc(S(N)(=O)=O)c(Cl)o1. The summed E-state index contributed by atoms with van der Waals surface area (Å²) in [6.07, 6.45) is 1.92. The van der Waals surface area contributed by atoms with Gasteiger partial charge >= 0.3 is 0 Å². The molecule has 1 aromatic rings. The summed E-state index contributed by atoms with van der Waals surface area (Å²) in [5.41, 5.74) is 0. The van der Waals surface area contributed by atoms with E-state index < -0.39 is 10.0 Å². The number of hydrogen-bond acceptors (Lipinski definition) is 4. The van der Waals surface area contributed by atoms with Gasteiger partial charge in [-0.05, 0) is 24.4 Å². The largest absolute Gasteiger partial charge is 0.438 e. The molecule has 120 valence electrons. The molecule has 0 radical (unpaired) electrons. The highest BCUT2D eigenvalue weighted by Gasteiger charge is 2.26. The van der Waals surface area contributed by atoms with Crippen molar-refractivity contribution in [2.45, 2.75) is 38.5 Å². The van der Waals surface area contributed by atoms with Crippen LogP contribution in [0.4, 0.5) is 0 Å². The van der Waals surface area contributed by atoms with Gasteiger partial charge < -0.3 is 9.32 Å². The Morgan fingerprint density at radius 1 is 1.38 bits per heavy atom. The smallest absolute Gasteiger partial charge is 0.289 e. The molecule has 0 unspecified atom stereocenters. The molecule has 0 bridgehead atoms. The Balaban J connectivity index is 3.01. The van der Waals surface area contributed by atoms with Crippen molar-refractivity contribution in [1.29, 1.82) is 0 Å². The number of sulfonamides is 1. The van der Waals surface area contributed by atoms with Gasteiger partial charge in [-0.25, -0.2) is 13.6 Å². The third-order valence-electron chi connectivity index (χ3n) is 3.48. The first-order valence-electron chi connectivity index (χ1n) is 6.85. The maximum Gasteiger partial charge on any atom is 0.289 e. The minimum absolute atomic E-state index is 0.114. The first-order valence-corrected chi connectivity index (χ1v) is 8.78. The average Bonchev–Trinajstić information content (AvgIpc) is 2.82. The number of nitrogens with two attached hydrogens (primary N) is 1. The lowest BCUT2D eigenvalue weighted by Crippen LogP contribution is -2.34. The highest BCUT2D eigenvalue weighted by Crippen LogP contribution is 2.25. The van der Waals surface area contributed by atoms with Crippen LogP contribution in [0.2, 0.25) is 5.22 Å². The van der Waals surface area contributed by atoms with E-state index in [1.807, 2.05) is 6.92 Å². The zero-order valence-electron chi connectivity index (χ0n) is 12.4. The summed E-state index contributed by atoms with van der Waals surface area (Å²) in [4.78, 5) is 13.6. The Kier molecular flexibility index (Phi) is 6.24. The van der Waals surface area contributed by atoms with Gasteiger partial charge in [0.05, 0.1) is 0 Å². The second-order valence-electron chi connectivity index (χ2n) is 4.82. The second-order valence-corrected chi connectivity index (χ2v) is 6.69. The number of nitrogens with zero attached hydrogens (tertiary/aromatic N) is 1. The van der Waals surface area contributed by atoms with Gasteiger partial charge in [0.2, 0.25) is 15.2 Å². The van der Waals surface area contributed by atoms with E-state index in [1.54, 1.807) is 4.90 Å². The summed E-state index contributed by atoms with van der Waals surface area (Å²) in [6.45, 7) is 7.07. The van der Waals surface area contributed by atoms with Crippen LogP contribution in [0, 0.1) is 5.92 Å². The van der Waals surface area contributed by atoms with Crippen molar-refractivity contribution in [2.24, 2.45) is 11.1 Å². The minimum atomic E-state index is -4.01. The molecule has 0 aromatic carbocycles. The fraction of sp³-hybridized carbons (Fsp3) is 0.615. The van der Waals surface area contributed by atoms with Crippen molar-refractivity contribution in [1.82, 2.24) is 4.90 Å². The van der Waals surface area contributed by atoms with E-state index in [0.29, 0.717) is 19.0 Å². The summed E-state index contributed by atoms with van der Waals surface area (Å²) in [6, 6.07) is 1.08. The monoisotopic (exact) mass is 336 g/mol. The van der Waals surface area contributed by atoms with Gasteiger partial charge in [0.1, 0.15) is 4.90 Å². The maximum absolute atomic E-state index is 12.4. The van der Waals surface area contributed by atoms with Crippen LogP contribution in [-0.4, -0.2) is 32.3 Å². The standard InChI is InChI=1S/C13H21ClN2O4S/c1-4-9(5-2)8-16(6-3)13(17)10-7-11(12(14)20-10)21(15,18)19/h7,9H,4-6,8H2,1-3H3,(H2,15,18,19). The van der Waals surface area contributed by atoms with Crippen LogP contribution >= 0.6 is 11.6 Å². The van der Waals surface area contributed by atoms with Gasteiger partial charge in [-0.1, -0.05) is 26.7 Å². The Labute approximate surface area is 130 Å². The number of carbonyl (C=O) groups is 1. The van der Waals surface area contributed by atoms with Gasteiger partial charge in [0.15, 0.2) is 5.76 Å². The van der Waals surface area contributed by atoms with Gasteiger partial charge in [-0.3, -0.25) is 4.79 Å². The summed E-state index contributed by atoms with van der Waals surface area (Å²) in [5, 5.41) is 4.62. The maximum atomic E-state index is 12.4. The third kappa shape index (κ3) is 4.46. The zero-order chi connectivity index (χ0) is 16.2. The molecule has 1 rings (SSSR count). The molecule has 6 nitrogen and oxygen atoms in total. The lowest BCUT2D eigenvalue weighted by molar-refractivity contribution is 0.0703. The summed E-state index contributed by atoms with van der Waals surface area (Å²) >= 11 is 5.69. The van der Waals surface area contributed by atoms with Crippen molar-refractivity contribution < 1.29 is 17.6 Å². The normalized spacial score (nSPS) is 11.9. The molecule has 0 aliphatic heterocycles. The van der Waals surface area contributed by atoms with Gasteiger partial charge in [0.25, 0.3) is 5.91 Å². The zero-order valence-corrected chi connectivity index (χ0v) is 14.0. The predicted octanol–water partition coefficient (Wildman–Crippen LogP) is 2.48. The summed E-state index contributed by atoms with van der Waals surface area (Å²) < 4.78 is 27.7. The molecule has 0 aliphatic carbocycles. The molecule has 1 heterocycles.